The molecule has 2 aromatic rings. The molecule has 1 aliphatic rings. The Morgan fingerprint density at radius 3 is 2.45 bits per heavy atom. The van der Waals surface area contributed by atoms with Crippen molar-refractivity contribution in [3.63, 3.8) is 0 Å². The van der Waals surface area contributed by atoms with E-state index in [-0.39, 0.29) is 13.1 Å². The smallest absolute Gasteiger partial charge is 0.408 e. The number of nitrogens with zero attached hydrogens (tertiary/aromatic N) is 2. The predicted molar refractivity (Wildman–Crippen MR) is 111 cm³/mol. The number of carboxylic acid groups (broad SMARTS) is 1. The van der Waals surface area contributed by atoms with Gasteiger partial charge >= 0.3 is 6.09 Å². The number of hydrogen-bond acceptors (Lipinski definition) is 6. The second-order valence-electron chi connectivity index (χ2n) is 7.23. The Morgan fingerprint density at radius 2 is 1.87 bits per heavy atom. The van der Waals surface area contributed by atoms with Gasteiger partial charge in [0.2, 0.25) is 5.91 Å². The van der Waals surface area contributed by atoms with E-state index >= 15 is 0 Å². The molecule has 0 aromatic heterocycles. The maximum atomic E-state index is 13.0. The highest BCUT2D eigenvalue weighted by molar-refractivity contribution is 5.92. The molecule has 3 atom stereocenters. The number of carbonyl (C=O) groups excluding carboxylic acids is 1. The summed E-state index contributed by atoms with van der Waals surface area (Å²) in [5.41, 5.74) is 1.38. The van der Waals surface area contributed by atoms with Crippen molar-refractivity contribution in [3.8, 4) is 11.5 Å². The van der Waals surface area contributed by atoms with Crippen LogP contribution in [0, 0.1) is 0 Å². The second-order valence-corrected chi connectivity index (χ2v) is 7.23. The molecule has 1 saturated heterocycles. The highest BCUT2D eigenvalue weighted by Gasteiger charge is 2.54. The first kappa shape index (κ1) is 22.4. The molecule has 1 heterocycles. The van der Waals surface area contributed by atoms with Crippen LogP contribution in [-0.2, 0) is 17.9 Å². The summed E-state index contributed by atoms with van der Waals surface area (Å²) in [5, 5.41) is 29.7. The normalized spacial score (nSPS) is 18.8. The largest absolute Gasteiger partial charge is 0.497 e. The van der Waals surface area contributed by atoms with Gasteiger partial charge in [-0.15, -0.1) is 0 Å². The second kappa shape index (κ2) is 9.67. The number of carbonyl (C=O) groups is 2. The van der Waals surface area contributed by atoms with Crippen LogP contribution in [0.1, 0.15) is 11.1 Å². The third-order valence-corrected chi connectivity index (χ3v) is 5.41. The number of hydrogen-bond donors (Lipinski definition) is 3. The molecule has 0 unspecified atom stereocenters. The maximum absolute atomic E-state index is 13.0. The number of aliphatic hydroxyl groups excluding tert-OH is 2. The van der Waals surface area contributed by atoms with Crippen LogP contribution in [0.25, 0.3) is 0 Å². The molecule has 3 N–H and O–H groups in total. The topological polar surface area (TPSA) is 120 Å². The van der Waals surface area contributed by atoms with E-state index in [9.17, 15) is 24.9 Å². The quantitative estimate of drug-likeness (QED) is 0.513. The summed E-state index contributed by atoms with van der Waals surface area (Å²) < 4.78 is 10.6. The SMILES string of the molecule is COc1ccc(CN2C(=O)[C@@H](N(Cc3ccccc3)C(=O)O)[C@H]2[C@@H](O)CO)c(OC)c1. The van der Waals surface area contributed by atoms with Crippen LogP contribution >= 0.6 is 0 Å². The van der Waals surface area contributed by atoms with E-state index < -0.39 is 36.8 Å². The number of amides is 2. The van der Waals surface area contributed by atoms with E-state index in [4.69, 9.17) is 9.47 Å². The Labute approximate surface area is 180 Å². The molecule has 1 aliphatic heterocycles. The lowest BCUT2D eigenvalue weighted by Gasteiger charge is -2.52. The molecule has 0 radical (unpaired) electrons. The molecule has 166 valence electrons. The van der Waals surface area contributed by atoms with Crippen molar-refractivity contribution in [2.24, 2.45) is 0 Å². The first-order chi connectivity index (χ1) is 14.9. The summed E-state index contributed by atoms with van der Waals surface area (Å²) in [6, 6.07) is 12.0. The standard InChI is InChI=1S/C22H26N2O7/c1-30-16-9-8-15(18(10-16)31-2)12-23-19(17(26)13-25)20(21(23)27)24(22(28)29)11-14-6-4-3-5-7-14/h3-10,17,19-20,25-26H,11-13H2,1-2H3,(H,28,29)/t17-,19+,20-/m0/s1. The van der Waals surface area contributed by atoms with Crippen molar-refractivity contribution < 1.29 is 34.4 Å². The van der Waals surface area contributed by atoms with Crippen molar-refractivity contribution in [1.82, 2.24) is 9.80 Å². The lowest BCUT2D eigenvalue weighted by molar-refractivity contribution is -0.170. The third-order valence-electron chi connectivity index (χ3n) is 5.41. The zero-order chi connectivity index (χ0) is 22.5. The lowest BCUT2D eigenvalue weighted by atomic mass is 9.88. The molecule has 1 fully saturated rings. The van der Waals surface area contributed by atoms with Gasteiger partial charge in [-0.25, -0.2) is 4.79 Å². The molecule has 0 aliphatic carbocycles. The first-order valence-corrected chi connectivity index (χ1v) is 9.75. The number of rotatable bonds is 9. The van der Waals surface area contributed by atoms with Crippen molar-refractivity contribution in [3.05, 3.63) is 59.7 Å². The van der Waals surface area contributed by atoms with E-state index in [0.717, 1.165) is 4.90 Å². The number of β-lactam (4-membered cyclic amide) rings is 1. The van der Waals surface area contributed by atoms with Crippen molar-refractivity contribution in [2.45, 2.75) is 31.3 Å². The fraction of sp³-hybridized carbons (Fsp3) is 0.364. The van der Waals surface area contributed by atoms with Crippen molar-refractivity contribution in [2.75, 3.05) is 20.8 Å². The van der Waals surface area contributed by atoms with Crippen LogP contribution in [-0.4, -0.2) is 76.1 Å². The summed E-state index contributed by atoms with van der Waals surface area (Å²) in [5.74, 6) is 0.626. The van der Waals surface area contributed by atoms with E-state index in [0.29, 0.717) is 22.6 Å². The van der Waals surface area contributed by atoms with Gasteiger partial charge in [-0.2, -0.15) is 0 Å². The molecule has 2 amide bonds. The van der Waals surface area contributed by atoms with Crippen LogP contribution in [0.4, 0.5) is 4.79 Å². The van der Waals surface area contributed by atoms with Gasteiger partial charge in [0.15, 0.2) is 0 Å². The fourth-order valence-corrected chi connectivity index (χ4v) is 3.81. The summed E-state index contributed by atoms with van der Waals surface area (Å²) >= 11 is 0. The maximum Gasteiger partial charge on any atom is 0.408 e. The zero-order valence-electron chi connectivity index (χ0n) is 17.3. The molecule has 0 spiro atoms. The summed E-state index contributed by atoms with van der Waals surface area (Å²) in [4.78, 5) is 27.3. The number of aliphatic hydroxyl groups is 2. The van der Waals surface area contributed by atoms with Gasteiger partial charge in [0.05, 0.1) is 33.0 Å². The number of benzene rings is 2. The third kappa shape index (κ3) is 4.57. The average Bonchev–Trinajstić information content (AvgIpc) is 2.79. The number of methoxy groups -OCH3 is 2. The minimum atomic E-state index is -1.30. The van der Waals surface area contributed by atoms with Crippen LogP contribution in [0.5, 0.6) is 11.5 Å². The van der Waals surface area contributed by atoms with E-state index in [1.807, 2.05) is 6.07 Å². The number of likely N-dealkylation sites (tertiary alicyclic amines) is 1. The van der Waals surface area contributed by atoms with E-state index in [2.05, 4.69) is 0 Å². The molecular formula is C22H26N2O7. The molecule has 3 rings (SSSR count). The van der Waals surface area contributed by atoms with E-state index in [1.54, 1.807) is 42.5 Å². The minimum Gasteiger partial charge on any atom is -0.497 e. The molecule has 9 heteroatoms. The van der Waals surface area contributed by atoms with Crippen LogP contribution < -0.4 is 9.47 Å². The molecule has 0 saturated carbocycles. The van der Waals surface area contributed by atoms with Gasteiger partial charge in [0.1, 0.15) is 17.5 Å². The number of ether oxygens (including phenoxy) is 2. The van der Waals surface area contributed by atoms with Gasteiger partial charge in [-0.1, -0.05) is 30.3 Å². The lowest BCUT2D eigenvalue weighted by Crippen LogP contribution is -2.74. The fourth-order valence-electron chi connectivity index (χ4n) is 3.81. The Hall–Kier alpha value is -3.30. The molecule has 0 bridgehead atoms. The highest BCUT2D eigenvalue weighted by Crippen LogP contribution is 2.34. The summed E-state index contributed by atoms with van der Waals surface area (Å²) in [6.07, 6.45) is -2.58. The van der Waals surface area contributed by atoms with Gasteiger partial charge in [0, 0.05) is 24.7 Å². The molecular weight excluding hydrogens is 404 g/mol. The monoisotopic (exact) mass is 430 g/mol. The Morgan fingerprint density at radius 1 is 1.16 bits per heavy atom. The van der Waals surface area contributed by atoms with Crippen LogP contribution in [0.15, 0.2) is 48.5 Å². The van der Waals surface area contributed by atoms with Crippen LogP contribution in [0.3, 0.4) is 0 Å². The first-order valence-electron chi connectivity index (χ1n) is 9.75. The minimum absolute atomic E-state index is 0.0130. The van der Waals surface area contributed by atoms with E-state index in [1.165, 1.54) is 19.1 Å². The predicted octanol–water partition coefficient (Wildman–Crippen LogP) is 1.32. The van der Waals surface area contributed by atoms with Gasteiger partial charge < -0.3 is 29.7 Å². The highest BCUT2D eigenvalue weighted by atomic mass is 16.5. The molecule has 31 heavy (non-hydrogen) atoms. The molecule has 2 aromatic carbocycles. The Bertz CT molecular complexity index is 921. The van der Waals surface area contributed by atoms with Gasteiger partial charge in [0.25, 0.3) is 0 Å². The summed E-state index contributed by atoms with van der Waals surface area (Å²) in [6.45, 7) is -0.534. The Kier molecular flexibility index (Phi) is 6.98. The van der Waals surface area contributed by atoms with Gasteiger partial charge in [-0.05, 0) is 17.7 Å². The van der Waals surface area contributed by atoms with Gasteiger partial charge in [-0.3, -0.25) is 9.69 Å². The summed E-state index contributed by atoms with van der Waals surface area (Å²) in [7, 11) is 3.02. The molecule has 9 nitrogen and oxygen atoms in total. The van der Waals surface area contributed by atoms with Crippen molar-refractivity contribution in [1.29, 1.82) is 0 Å². The Balaban J connectivity index is 1.87. The van der Waals surface area contributed by atoms with Crippen LogP contribution in [0.2, 0.25) is 0 Å². The average molecular weight is 430 g/mol. The zero-order valence-corrected chi connectivity index (χ0v) is 17.3. The van der Waals surface area contributed by atoms with Crippen molar-refractivity contribution >= 4 is 12.0 Å².